The van der Waals surface area contributed by atoms with Crippen LogP contribution in [0.5, 0.6) is 0 Å². The van der Waals surface area contributed by atoms with E-state index >= 15 is 0 Å². The van der Waals surface area contributed by atoms with E-state index in [9.17, 15) is 27.6 Å². The SMILES string of the molecule is O=C(Cn1c2ccccc2c(=O)c2ccccc21)Nc1ccccc1C(=O)NCC(F)(F)F. The second kappa shape index (κ2) is 8.78. The molecule has 3 aromatic carbocycles. The van der Waals surface area contributed by atoms with E-state index in [4.69, 9.17) is 0 Å². The number of hydrogen-bond acceptors (Lipinski definition) is 3. The van der Waals surface area contributed by atoms with Crippen LogP contribution in [0.2, 0.25) is 0 Å². The smallest absolute Gasteiger partial charge is 0.343 e. The van der Waals surface area contributed by atoms with Crippen LogP contribution in [-0.2, 0) is 11.3 Å². The molecule has 1 heterocycles. The zero-order valence-electron chi connectivity index (χ0n) is 17.1. The van der Waals surface area contributed by atoms with Crippen molar-refractivity contribution in [3.8, 4) is 0 Å². The summed E-state index contributed by atoms with van der Waals surface area (Å²) >= 11 is 0. The molecule has 0 unspecified atom stereocenters. The largest absolute Gasteiger partial charge is 0.405 e. The molecule has 0 saturated heterocycles. The fourth-order valence-electron chi connectivity index (χ4n) is 3.65. The minimum absolute atomic E-state index is 0.0804. The molecule has 2 N–H and O–H groups in total. The Morgan fingerprint density at radius 2 is 1.36 bits per heavy atom. The van der Waals surface area contributed by atoms with Gasteiger partial charge in [-0.15, -0.1) is 0 Å². The van der Waals surface area contributed by atoms with Crippen LogP contribution in [0.4, 0.5) is 18.9 Å². The Balaban J connectivity index is 1.65. The van der Waals surface area contributed by atoms with Crippen molar-refractivity contribution in [2.24, 2.45) is 0 Å². The Kier molecular flexibility index (Phi) is 5.87. The van der Waals surface area contributed by atoms with Gasteiger partial charge in [-0.1, -0.05) is 36.4 Å². The zero-order chi connectivity index (χ0) is 23.6. The number of fused-ring (bicyclic) bond motifs is 2. The van der Waals surface area contributed by atoms with Gasteiger partial charge in [-0.25, -0.2) is 0 Å². The summed E-state index contributed by atoms with van der Waals surface area (Å²) in [5, 5.41) is 5.31. The number of benzene rings is 3. The molecule has 4 aromatic rings. The second-order valence-electron chi connectivity index (χ2n) is 7.34. The van der Waals surface area contributed by atoms with Crippen LogP contribution in [0.15, 0.2) is 77.6 Å². The molecule has 0 saturated carbocycles. The first kappa shape index (κ1) is 22.1. The van der Waals surface area contributed by atoms with Crippen LogP contribution in [0.25, 0.3) is 21.8 Å². The summed E-state index contributed by atoms with van der Waals surface area (Å²) in [7, 11) is 0. The monoisotopic (exact) mass is 453 g/mol. The molecular formula is C24H18F3N3O3. The lowest BCUT2D eigenvalue weighted by molar-refractivity contribution is -0.123. The standard InChI is InChI=1S/C24H18F3N3O3/c25-24(26,27)14-28-23(33)15-7-1-4-10-18(15)29-21(31)13-30-19-11-5-2-8-16(19)22(32)17-9-3-6-12-20(17)30/h1-12H,13-14H2,(H,28,33)(H,29,31). The van der Waals surface area contributed by atoms with E-state index in [1.807, 2.05) is 0 Å². The van der Waals surface area contributed by atoms with Gasteiger partial charge in [0, 0.05) is 10.8 Å². The number of para-hydroxylation sites is 3. The third kappa shape index (κ3) is 4.72. The normalized spacial score (nSPS) is 11.5. The number of hydrogen-bond donors (Lipinski definition) is 2. The molecule has 9 heteroatoms. The van der Waals surface area contributed by atoms with Crippen LogP contribution in [0, 0.1) is 0 Å². The third-order valence-electron chi connectivity index (χ3n) is 5.08. The molecule has 168 valence electrons. The number of rotatable bonds is 5. The third-order valence-corrected chi connectivity index (χ3v) is 5.08. The summed E-state index contributed by atoms with van der Waals surface area (Å²) in [5.41, 5.74) is 0.964. The lowest BCUT2D eigenvalue weighted by Gasteiger charge is -2.16. The minimum Gasteiger partial charge on any atom is -0.343 e. The first-order chi connectivity index (χ1) is 15.7. The maximum atomic E-state index is 12.9. The minimum atomic E-state index is -4.56. The van der Waals surface area contributed by atoms with Crippen LogP contribution >= 0.6 is 0 Å². The zero-order valence-corrected chi connectivity index (χ0v) is 17.1. The highest BCUT2D eigenvalue weighted by Crippen LogP contribution is 2.21. The number of alkyl halides is 3. The van der Waals surface area contributed by atoms with Crippen molar-refractivity contribution < 1.29 is 22.8 Å². The topological polar surface area (TPSA) is 80.2 Å². The molecule has 33 heavy (non-hydrogen) atoms. The molecule has 0 aliphatic rings. The Morgan fingerprint density at radius 3 is 1.97 bits per heavy atom. The fourth-order valence-corrected chi connectivity index (χ4v) is 3.65. The van der Waals surface area contributed by atoms with Gasteiger partial charge in [-0.2, -0.15) is 13.2 Å². The summed E-state index contributed by atoms with van der Waals surface area (Å²) in [6, 6.07) is 19.6. The highest BCUT2D eigenvalue weighted by molar-refractivity contribution is 6.04. The first-order valence-corrected chi connectivity index (χ1v) is 9.99. The Bertz CT molecular complexity index is 1370. The highest BCUT2D eigenvalue weighted by Gasteiger charge is 2.28. The van der Waals surface area contributed by atoms with E-state index in [-0.39, 0.29) is 23.2 Å². The molecule has 0 radical (unpaired) electrons. The average Bonchev–Trinajstić information content (AvgIpc) is 2.80. The molecule has 0 bridgehead atoms. The van der Waals surface area contributed by atoms with Gasteiger partial charge in [0.25, 0.3) is 5.91 Å². The Labute approximate surface area is 185 Å². The van der Waals surface area contributed by atoms with Gasteiger partial charge < -0.3 is 15.2 Å². The van der Waals surface area contributed by atoms with E-state index in [1.165, 1.54) is 18.2 Å². The maximum Gasteiger partial charge on any atom is 0.405 e. The van der Waals surface area contributed by atoms with Crippen molar-refractivity contribution in [2.75, 3.05) is 11.9 Å². The van der Waals surface area contributed by atoms with Gasteiger partial charge in [-0.3, -0.25) is 14.4 Å². The average molecular weight is 453 g/mol. The quantitative estimate of drug-likeness (QED) is 0.447. The van der Waals surface area contributed by atoms with Crippen LogP contribution in [-0.4, -0.2) is 29.1 Å². The molecular weight excluding hydrogens is 435 g/mol. The van der Waals surface area contributed by atoms with E-state index in [2.05, 4.69) is 5.32 Å². The van der Waals surface area contributed by atoms with Crippen molar-refractivity contribution in [2.45, 2.75) is 12.7 Å². The van der Waals surface area contributed by atoms with Crippen LogP contribution in [0.3, 0.4) is 0 Å². The van der Waals surface area contributed by atoms with Gasteiger partial charge in [-0.05, 0) is 36.4 Å². The molecule has 2 amide bonds. The van der Waals surface area contributed by atoms with Crippen molar-refractivity contribution in [3.05, 3.63) is 88.6 Å². The number of carbonyl (C=O) groups is 2. The van der Waals surface area contributed by atoms with Gasteiger partial charge in [0.2, 0.25) is 5.91 Å². The summed E-state index contributed by atoms with van der Waals surface area (Å²) in [6.07, 6.45) is -4.56. The van der Waals surface area contributed by atoms with Crippen LogP contribution in [0.1, 0.15) is 10.4 Å². The number of nitrogens with zero attached hydrogens (tertiary/aromatic N) is 1. The first-order valence-electron chi connectivity index (χ1n) is 9.99. The fraction of sp³-hybridized carbons (Fsp3) is 0.125. The molecule has 0 aliphatic heterocycles. The lowest BCUT2D eigenvalue weighted by Crippen LogP contribution is -2.34. The Morgan fingerprint density at radius 1 is 0.818 bits per heavy atom. The summed E-state index contributed by atoms with van der Waals surface area (Å²) in [5.74, 6) is -1.47. The van der Waals surface area contributed by atoms with Crippen molar-refractivity contribution >= 4 is 39.3 Å². The van der Waals surface area contributed by atoms with Crippen molar-refractivity contribution in [3.63, 3.8) is 0 Å². The summed E-state index contributed by atoms with van der Waals surface area (Å²) in [6.45, 7) is -1.66. The van der Waals surface area contributed by atoms with Crippen LogP contribution < -0.4 is 16.1 Å². The number of halogens is 3. The maximum absolute atomic E-state index is 12.9. The van der Waals surface area contributed by atoms with Crippen molar-refractivity contribution in [1.82, 2.24) is 9.88 Å². The van der Waals surface area contributed by atoms with E-state index in [0.29, 0.717) is 21.8 Å². The molecule has 1 aromatic heterocycles. The molecule has 6 nitrogen and oxygen atoms in total. The number of amides is 2. The van der Waals surface area contributed by atoms with E-state index in [0.717, 1.165) is 0 Å². The van der Waals surface area contributed by atoms with Gasteiger partial charge >= 0.3 is 6.18 Å². The van der Waals surface area contributed by atoms with Gasteiger partial charge in [0.15, 0.2) is 5.43 Å². The molecule has 0 spiro atoms. The second-order valence-corrected chi connectivity index (χ2v) is 7.34. The molecule has 0 fully saturated rings. The van der Waals surface area contributed by atoms with E-state index < -0.39 is 24.5 Å². The molecule has 4 rings (SSSR count). The van der Waals surface area contributed by atoms with Gasteiger partial charge in [0.1, 0.15) is 13.1 Å². The number of pyridine rings is 1. The predicted molar refractivity (Wildman–Crippen MR) is 119 cm³/mol. The number of aromatic nitrogens is 1. The van der Waals surface area contributed by atoms with Crippen molar-refractivity contribution in [1.29, 1.82) is 0 Å². The number of carbonyl (C=O) groups excluding carboxylic acids is 2. The number of anilines is 1. The predicted octanol–water partition coefficient (Wildman–Crippen LogP) is 4.09. The number of nitrogens with one attached hydrogen (secondary N) is 2. The van der Waals surface area contributed by atoms with E-state index in [1.54, 1.807) is 64.5 Å². The van der Waals surface area contributed by atoms with Gasteiger partial charge in [0.05, 0.1) is 22.3 Å². The molecule has 0 aliphatic carbocycles. The summed E-state index contributed by atoms with van der Waals surface area (Å²) in [4.78, 5) is 38.0. The molecule has 0 atom stereocenters. The highest BCUT2D eigenvalue weighted by atomic mass is 19.4. The lowest BCUT2D eigenvalue weighted by atomic mass is 10.1. The summed E-state index contributed by atoms with van der Waals surface area (Å²) < 4.78 is 39.1. The Hall–Kier alpha value is -4.14.